The Hall–Kier alpha value is -0.900. The van der Waals surface area contributed by atoms with Crippen LogP contribution >= 0.6 is 0 Å². The molecule has 4 nitrogen and oxygen atoms in total. The molecule has 1 saturated carbocycles. The fourth-order valence-electron chi connectivity index (χ4n) is 2.61. The minimum Gasteiger partial charge on any atom is -0.339 e. The second-order valence-corrected chi connectivity index (χ2v) is 5.86. The first-order valence-corrected chi connectivity index (χ1v) is 7.25. The van der Waals surface area contributed by atoms with Crippen LogP contribution in [0.3, 0.4) is 0 Å². The van der Waals surface area contributed by atoms with Crippen molar-refractivity contribution < 1.29 is 4.52 Å². The number of hydrogen-bond donors (Lipinski definition) is 1. The van der Waals surface area contributed by atoms with Crippen LogP contribution in [0.2, 0.25) is 0 Å². The third kappa shape index (κ3) is 3.55. The van der Waals surface area contributed by atoms with Gasteiger partial charge in [-0.15, -0.1) is 0 Å². The smallest absolute Gasteiger partial charge is 0.226 e. The van der Waals surface area contributed by atoms with E-state index >= 15 is 0 Å². The maximum Gasteiger partial charge on any atom is 0.226 e. The van der Waals surface area contributed by atoms with Crippen LogP contribution in [0.15, 0.2) is 4.52 Å². The fourth-order valence-corrected chi connectivity index (χ4v) is 2.61. The van der Waals surface area contributed by atoms with Gasteiger partial charge >= 0.3 is 0 Å². The zero-order valence-corrected chi connectivity index (χ0v) is 11.6. The van der Waals surface area contributed by atoms with Crippen LogP contribution < -0.4 is 5.73 Å². The summed E-state index contributed by atoms with van der Waals surface area (Å²) in [6, 6.07) is -0.114. The van der Waals surface area contributed by atoms with E-state index in [1.165, 1.54) is 38.5 Å². The van der Waals surface area contributed by atoms with Gasteiger partial charge in [-0.2, -0.15) is 4.98 Å². The number of nitrogens with two attached hydrogens (primary N) is 1. The normalized spacial score (nSPS) is 19.3. The number of rotatable bonds is 5. The van der Waals surface area contributed by atoms with Gasteiger partial charge < -0.3 is 10.3 Å². The molecule has 1 aliphatic rings. The summed E-state index contributed by atoms with van der Waals surface area (Å²) in [6.07, 6.45) is 9.00. The molecule has 0 aliphatic heterocycles. The first-order chi connectivity index (χ1) is 8.66. The molecule has 102 valence electrons. The highest BCUT2D eigenvalue weighted by molar-refractivity contribution is 4.94. The minimum atomic E-state index is -0.114. The van der Waals surface area contributed by atoms with Gasteiger partial charge in [-0.1, -0.05) is 51.1 Å². The van der Waals surface area contributed by atoms with Crippen LogP contribution in [0.1, 0.15) is 70.1 Å². The van der Waals surface area contributed by atoms with Crippen LogP contribution in [0.5, 0.6) is 0 Å². The molecule has 0 spiro atoms. The van der Waals surface area contributed by atoms with Crippen LogP contribution in [0.25, 0.3) is 0 Å². The van der Waals surface area contributed by atoms with Gasteiger partial charge in [0, 0.05) is 6.42 Å². The molecule has 18 heavy (non-hydrogen) atoms. The molecule has 2 N–H and O–H groups in total. The third-order valence-corrected chi connectivity index (χ3v) is 3.99. The summed E-state index contributed by atoms with van der Waals surface area (Å²) in [4.78, 5) is 4.41. The van der Waals surface area contributed by atoms with E-state index in [1.54, 1.807) is 0 Å². The molecule has 1 aromatic rings. The van der Waals surface area contributed by atoms with E-state index in [1.807, 2.05) is 0 Å². The molecule has 1 aliphatic carbocycles. The summed E-state index contributed by atoms with van der Waals surface area (Å²) in [5.74, 6) is 2.61. The molecule has 1 fully saturated rings. The number of hydrogen-bond acceptors (Lipinski definition) is 4. The van der Waals surface area contributed by atoms with E-state index in [9.17, 15) is 0 Å². The van der Waals surface area contributed by atoms with Gasteiger partial charge in [0.25, 0.3) is 0 Å². The summed E-state index contributed by atoms with van der Waals surface area (Å²) >= 11 is 0. The van der Waals surface area contributed by atoms with Gasteiger partial charge in [-0.3, -0.25) is 0 Å². The molecule has 0 bridgehead atoms. The van der Waals surface area contributed by atoms with Gasteiger partial charge in [-0.25, -0.2) is 0 Å². The standard InChI is InChI=1S/C14H25N3O/c1-10(2)13(15)14-16-12(18-17-14)9-8-11-6-4-3-5-7-11/h10-11,13H,3-9,15H2,1-2H3. The van der Waals surface area contributed by atoms with Crippen molar-refractivity contribution in [2.24, 2.45) is 17.6 Å². The van der Waals surface area contributed by atoms with Gasteiger partial charge in [0.15, 0.2) is 5.82 Å². The second-order valence-electron chi connectivity index (χ2n) is 5.86. The Morgan fingerprint density at radius 2 is 2.00 bits per heavy atom. The lowest BCUT2D eigenvalue weighted by molar-refractivity contribution is 0.312. The first-order valence-electron chi connectivity index (χ1n) is 7.25. The van der Waals surface area contributed by atoms with Crippen LogP contribution in [0, 0.1) is 11.8 Å². The predicted molar refractivity (Wildman–Crippen MR) is 71.0 cm³/mol. The van der Waals surface area contributed by atoms with Crippen LogP contribution in [-0.4, -0.2) is 10.1 Å². The molecule has 0 saturated heterocycles. The zero-order valence-electron chi connectivity index (χ0n) is 11.6. The number of nitrogens with zero attached hydrogens (tertiary/aromatic N) is 2. The van der Waals surface area contributed by atoms with E-state index in [4.69, 9.17) is 10.3 Å². The average molecular weight is 251 g/mol. The number of aryl methyl sites for hydroxylation is 1. The van der Waals surface area contributed by atoms with Crippen LogP contribution in [0.4, 0.5) is 0 Å². The van der Waals surface area contributed by atoms with Crippen LogP contribution in [-0.2, 0) is 6.42 Å². The van der Waals surface area contributed by atoms with E-state index in [0.29, 0.717) is 11.7 Å². The molecule has 1 unspecified atom stereocenters. The maximum atomic E-state index is 6.01. The maximum absolute atomic E-state index is 6.01. The molecule has 1 heterocycles. The lowest BCUT2D eigenvalue weighted by Gasteiger charge is -2.20. The quantitative estimate of drug-likeness (QED) is 0.872. The molecule has 1 aromatic heterocycles. The Labute approximate surface area is 109 Å². The van der Waals surface area contributed by atoms with Gasteiger partial charge in [0.05, 0.1) is 6.04 Å². The molecular weight excluding hydrogens is 226 g/mol. The number of aromatic nitrogens is 2. The Morgan fingerprint density at radius 3 is 2.67 bits per heavy atom. The van der Waals surface area contributed by atoms with Crippen molar-refractivity contribution in [3.05, 3.63) is 11.7 Å². The van der Waals surface area contributed by atoms with Crippen molar-refractivity contribution in [1.29, 1.82) is 0 Å². The van der Waals surface area contributed by atoms with Gasteiger partial charge in [-0.05, 0) is 18.3 Å². The summed E-state index contributed by atoms with van der Waals surface area (Å²) in [5.41, 5.74) is 6.01. The summed E-state index contributed by atoms with van der Waals surface area (Å²) in [7, 11) is 0. The predicted octanol–water partition coefficient (Wildman–Crippen LogP) is 3.24. The van der Waals surface area contributed by atoms with Crippen molar-refractivity contribution in [3.8, 4) is 0 Å². The second kappa shape index (κ2) is 6.32. The summed E-state index contributed by atoms with van der Waals surface area (Å²) in [5, 5.41) is 3.99. The minimum absolute atomic E-state index is 0.114. The van der Waals surface area contributed by atoms with Gasteiger partial charge in [0.2, 0.25) is 5.89 Å². The molecule has 0 amide bonds. The third-order valence-electron chi connectivity index (χ3n) is 3.99. The molecule has 2 rings (SSSR count). The SMILES string of the molecule is CC(C)C(N)c1noc(CCC2CCCCC2)n1. The zero-order chi connectivity index (χ0) is 13.0. The topological polar surface area (TPSA) is 64.9 Å². The molecule has 0 aromatic carbocycles. The molecule has 1 atom stereocenters. The Balaban J connectivity index is 1.82. The Kier molecular flexibility index (Phi) is 4.75. The lowest BCUT2D eigenvalue weighted by atomic mass is 9.86. The van der Waals surface area contributed by atoms with Crippen molar-refractivity contribution in [2.75, 3.05) is 0 Å². The first kappa shape index (κ1) is 13.5. The molecule has 4 heteroatoms. The van der Waals surface area contributed by atoms with Crippen molar-refractivity contribution in [2.45, 2.75) is 64.8 Å². The van der Waals surface area contributed by atoms with Crippen molar-refractivity contribution >= 4 is 0 Å². The highest BCUT2D eigenvalue weighted by Crippen LogP contribution is 2.27. The fraction of sp³-hybridized carbons (Fsp3) is 0.857. The van der Waals surface area contributed by atoms with E-state index in [2.05, 4.69) is 24.0 Å². The van der Waals surface area contributed by atoms with Crippen molar-refractivity contribution in [3.63, 3.8) is 0 Å². The largest absolute Gasteiger partial charge is 0.339 e. The summed E-state index contributed by atoms with van der Waals surface area (Å²) in [6.45, 7) is 4.14. The molecular formula is C14H25N3O. The Morgan fingerprint density at radius 1 is 1.28 bits per heavy atom. The average Bonchev–Trinajstić information content (AvgIpc) is 2.85. The Bertz CT molecular complexity index is 356. The van der Waals surface area contributed by atoms with E-state index < -0.39 is 0 Å². The van der Waals surface area contributed by atoms with Gasteiger partial charge in [0.1, 0.15) is 0 Å². The van der Waals surface area contributed by atoms with E-state index in [-0.39, 0.29) is 6.04 Å². The van der Waals surface area contributed by atoms with E-state index in [0.717, 1.165) is 18.2 Å². The highest BCUT2D eigenvalue weighted by Gasteiger charge is 2.19. The lowest BCUT2D eigenvalue weighted by Crippen LogP contribution is -2.18. The monoisotopic (exact) mass is 251 g/mol. The van der Waals surface area contributed by atoms with Crippen molar-refractivity contribution in [1.82, 2.24) is 10.1 Å². The molecule has 0 radical (unpaired) electrons. The summed E-state index contributed by atoms with van der Waals surface area (Å²) < 4.78 is 5.29. The highest BCUT2D eigenvalue weighted by atomic mass is 16.5.